The van der Waals surface area contributed by atoms with Crippen LogP contribution in [0.3, 0.4) is 0 Å². The third-order valence-corrected chi connectivity index (χ3v) is 6.79. The summed E-state index contributed by atoms with van der Waals surface area (Å²) in [6, 6.07) is 0.329. The summed E-state index contributed by atoms with van der Waals surface area (Å²) in [5.41, 5.74) is 0. The maximum absolute atomic E-state index is 5.53. The van der Waals surface area contributed by atoms with Gasteiger partial charge < -0.3 is 15.4 Å². The molecule has 26 heavy (non-hydrogen) atoms. The van der Waals surface area contributed by atoms with Crippen molar-refractivity contribution in [1.29, 1.82) is 0 Å². The van der Waals surface area contributed by atoms with E-state index in [2.05, 4.69) is 50.5 Å². The normalized spacial score (nSPS) is 23.0. The zero-order valence-corrected chi connectivity index (χ0v) is 17.2. The fourth-order valence-electron chi connectivity index (χ4n) is 3.52. The van der Waals surface area contributed by atoms with Crippen molar-refractivity contribution in [2.24, 2.45) is 4.99 Å². The summed E-state index contributed by atoms with van der Waals surface area (Å²) in [6.45, 7) is 7.74. The van der Waals surface area contributed by atoms with Crippen LogP contribution in [0, 0.1) is 0 Å². The molecule has 0 aliphatic carbocycles. The summed E-state index contributed by atoms with van der Waals surface area (Å²) in [4.78, 5) is 9.10. The fourth-order valence-corrected chi connectivity index (χ4v) is 4.31. The van der Waals surface area contributed by atoms with Gasteiger partial charge in [-0.1, -0.05) is 13.8 Å². The molecular weight excluding hydrogens is 348 g/mol. The third-order valence-electron chi connectivity index (χ3n) is 5.37. The van der Waals surface area contributed by atoms with Gasteiger partial charge in [-0.25, -0.2) is 9.67 Å². The number of fused-ring (bicyclic) bond motifs is 1. The maximum Gasteiger partial charge on any atom is 0.191 e. The number of hydrogen-bond donors (Lipinski definition) is 2. The van der Waals surface area contributed by atoms with Crippen LogP contribution < -0.4 is 10.6 Å². The zero-order chi connectivity index (χ0) is 18.6. The van der Waals surface area contributed by atoms with Crippen LogP contribution in [0.4, 0.5) is 0 Å². The van der Waals surface area contributed by atoms with Crippen molar-refractivity contribution < 1.29 is 4.74 Å². The van der Waals surface area contributed by atoms with Crippen molar-refractivity contribution in [2.45, 2.75) is 62.8 Å². The highest BCUT2D eigenvalue weighted by Crippen LogP contribution is 2.32. The summed E-state index contributed by atoms with van der Waals surface area (Å²) < 4.78 is 7.84. The van der Waals surface area contributed by atoms with Crippen LogP contribution in [-0.2, 0) is 17.7 Å². The lowest BCUT2D eigenvalue weighted by Crippen LogP contribution is -2.51. The van der Waals surface area contributed by atoms with Gasteiger partial charge in [-0.05, 0) is 25.5 Å². The van der Waals surface area contributed by atoms with Gasteiger partial charge in [0.2, 0.25) is 0 Å². The fraction of sp³-hybridized carbons (Fsp3) is 0.833. The molecule has 1 aromatic rings. The zero-order valence-electron chi connectivity index (χ0n) is 16.4. The average molecular weight is 381 g/mol. The molecule has 1 aromatic heterocycles. The van der Waals surface area contributed by atoms with Gasteiger partial charge in [0.25, 0.3) is 0 Å². The van der Waals surface area contributed by atoms with Crippen molar-refractivity contribution in [3.63, 3.8) is 0 Å². The van der Waals surface area contributed by atoms with Gasteiger partial charge in [-0.15, -0.1) is 0 Å². The molecule has 3 heterocycles. The molecule has 7 nitrogen and oxygen atoms in total. The lowest BCUT2D eigenvalue weighted by Gasteiger charge is -2.36. The van der Waals surface area contributed by atoms with E-state index in [0.29, 0.717) is 12.0 Å². The van der Waals surface area contributed by atoms with Crippen LogP contribution in [0.15, 0.2) is 4.99 Å². The van der Waals surface area contributed by atoms with Crippen molar-refractivity contribution in [3.8, 4) is 0 Å². The van der Waals surface area contributed by atoms with E-state index in [-0.39, 0.29) is 4.75 Å². The largest absolute Gasteiger partial charge is 0.381 e. The molecular formula is C18H32N6OS. The highest BCUT2D eigenvalue weighted by molar-refractivity contribution is 8.00. The number of aromatic nitrogens is 3. The van der Waals surface area contributed by atoms with E-state index >= 15 is 0 Å². The molecule has 0 saturated carbocycles. The Bertz CT molecular complexity index is 623. The van der Waals surface area contributed by atoms with Gasteiger partial charge >= 0.3 is 0 Å². The molecule has 2 N–H and O–H groups in total. The minimum absolute atomic E-state index is 0.244. The molecule has 0 radical (unpaired) electrons. The molecule has 0 amide bonds. The number of guanidine groups is 1. The quantitative estimate of drug-likeness (QED) is 0.599. The molecule has 8 heteroatoms. The first-order chi connectivity index (χ1) is 12.5. The Hall–Kier alpha value is -1.28. The van der Waals surface area contributed by atoms with Gasteiger partial charge in [0.1, 0.15) is 5.82 Å². The maximum atomic E-state index is 5.53. The molecule has 2 aliphatic rings. The number of rotatable bonds is 5. The minimum atomic E-state index is 0.244. The Labute approximate surface area is 160 Å². The monoisotopic (exact) mass is 380 g/mol. The van der Waals surface area contributed by atoms with Gasteiger partial charge in [-0.3, -0.25) is 4.99 Å². The molecule has 3 rings (SSSR count). The van der Waals surface area contributed by atoms with E-state index in [0.717, 1.165) is 69.6 Å². The average Bonchev–Trinajstić information content (AvgIpc) is 3.09. The summed E-state index contributed by atoms with van der Waals surface area (Å²) in [7, 11) is 1.84. The number of aryl methyl sites for hydroxylation is 1. The second-order valence-electron chi connectivity index (χ2n) is 7.53. The molecule has 1 atom stereocenters. The predicted molar refractivity (Wildman–Crippen MR) is 107 cm³/mol. The number of hydrogen-bond acceptors (Lipinski definition) is 5. The van der Waals surface area contributed by atoms with E-state index in [1.807, 2.05) is 18.8 Å². The van der Waals surface area contributed by atoms with E-state index in [1.54, 1.807) is 0 Å². The first kappa shape index (κ1) is 19.5. The Morgan fingerprint density at radius 2 is 2.19 bits per heavy atom. The topological polar surface area (TPSA) is 76.4 Å². The third kappa shape index (κ3) is 4.52. The first-order valence-corrected chi connectivity index (χ1v) is 10.8. The van der Waals surface area contributed by atoms with Gasteiger partial charge in [-0.2, -0.15) is 16.9 Å². The Balaban J connectivity index is 1.55. The van der Waals surface area contributed by atoms with Crippen LogP contribution in [0.2, 0.25) is 0 Å². The Morgan fingerprint density at radius 1 is 1.42 bits per heavy atom. The van der Waals surface area contributed by atoms with Gasteiger partial charge in [0.05, 0.1) is 6.54 Å². The van der Waals surface area contributed by atoms with Crippen LogP contribution >= 0.6 is 11.8 Å². The van der Waals surface area contributed by atoms with Gasteiger partial charge in [0, 0.05) is 49.9 Å². The SMILES string of the molecule is CN=C(NCC1(SC)CCOCC1)NC1CCc2nc(C(C)C)nn2C1. The predicted octanol–water partition coefficient (Wildman–Crippen LogP) is 1.79. The standard InChI is InChI=1S/C18H32N6OS/c1-13(2)16-22-15-6-5-14(11-24(15)23-16)21-17(19-3)20-12-18(26-4)7-9-25-10-8-18/h13-14H,5-12H2,1-4H3,(H2,19,20,21). The highest BCUT2D eigenvalue weighted by Gasteiger charge is 2.32. The Morgan fingerprint density at radius 3 is 2.85 bits per heavy atom. The summed E-state index contributed by atoms with van der Waals surface area (Å²) >= 11 is 1.94. The molecule has 1 saturated heterocycles. The number of nitrogens with zero attached hydrogens (tertiary/aromatic N) is 4. The number of nitrogens with one attached hydrogen (secondary N) is 2. The smallest absolute Gasteiger partial charge is 0.191 e. The number of aliphatic imine (C=N–C) groups is 1. The van der Waals surface area contributed by atoms with Crippen molar-refractivity contribution in [2.75, 3.05) is 33.1 Å². The molecule has 1 fully saturated rings. The second-order valence-corrected chi connectivity index (χ2v) is 8.80. The van der Waals surface area contributed by atoms with Gasteiger partial charge in [0.15, 0.2) is 11.8 Å². The minimum Gasteiger partial charge on any atom is -0.381 e. The summed E-state index contributed by atoms with van der Waals surface area (Å²) in [5.74, 6) is 3.31. The van der Waals surface area contributed by atoms with E-state index < -0.39 is 0 Å². The second kappa shape index (κ2) is 8.61. The summed E-state index contributed by atoms with van der Waals surface area (Å²) in [6.07, 6.45) is 6.38. The van der Waals surface area contributed by atoms with E-state index in [4.69, 9.17) is 4.74 Å². The van der Waals surface area contributed by atoms with Crippen molar-refractivity contribution in [1.82, 2.24) is 25.4 Å². The van der Waals surface area contributed by atoms with Crippen LogP contribution in [0.25, 0.3) is 0 Å². The van der Waals surface area contributed by atoms with Crippen LogP contribution in [0.1, 0.15) is 50.7 Å². The molecule has 0 aromatic carbocycles. The molecule has 0 spiro atoms. The lowest BCUT2D eigenvalue weighted by molar-refractivity contribution is 0.0782. The highest BCUT2D eigenvalue weighted by atomic mass is 32.2. The molecule has 1 unspecified atom stereocenters. The Kier molecular flexibility index (Phi) is 6.45. The van der Waals surface area contributed by atoms with Crippen molar-refractivity contribution in [3.05, 3.63) is 11.6 Å². The van der Waals surface area contributed by atoms with E-state index in [9.17, 15) is 0 Å². The summed E-state index contributed by atoms with van der Waals surface area (Å²) in [5, 5.41) is 11.8. The first-order valence-electron chi connectivity index (χ1n) is 9.59. The van der Waals surface area contributed by atoms with Crippen molar-refractivity contribution >= 4 is 17.7 Å². The molecule has 2 aliphatic heterocycles. The van der Waals surface area contributed by atoms with E-state index in [1.165, 1.54) is 0 Å². The molecule has 0 bridgehead atoms. The lowest BCUT2D eigenvalue weighted by atomic mass is 9.99. The number of thioether (sulfide) groups is 1. The molecule has 146 valence electrons. The van der Waals surface area contributed by atoms with Crippen LogP contribution in [0.5, 0.6) is 0 Å². The number of ether oxygens (including phenoxy) is 1. The van der Waals surface area contributed by atoms with Crippen LogP contribution in [-0.4, -0.2) is 64.6 Å².